The van der Waals surface area contributed by atoms with E-state index in [4.69, 9.17) is 10.5 Å². The molecule has 2 heterocycles. The predicted octanol–water partition coefficient (Wildman–Crippen LogP) is -0.273. The maximum absolute atomic E-state index is 5.90. The Labute approximate surface area is 113 Å². The average molecular weight is 266 g/mol. The van der Waals surface area contributed by atoms with Crippen LogP contribution in [0.2, 0.25) is 0 Å². The summed E-state index contributed by atoms with van der Waals surface area (Å²) in [6.07, 6.45) is 1.45. The zero-order valence-electron chi connectivity index (χ0n) is 11.6. The van der Waals surface area contributed by atoms with Crippen molar-refractivity contribution in [3.05, 3.63) is 6.33 Å². The summed E-state index contributed by atoms with van der Waals surface area (Å²) in [5.41, 5.74) is 6.36. The molecular formula is C12H22N6O. The monoisotopic (exact) mass is 266 g/mol. The highest BCUT2D eigenvalue weighted by Crippen LogP contribution is 2.23. The Morgan fingerprint density at radius 1 is 1.32 bits per heavy atom. The van der Waals surface area contributed by atoms with Gasteiger partial charge in [-0.1, -0.05) is 0 Å². The van der Waals surface area contributed by atoms with Gasteiger partial charge >= 0.3 is 0 Å². The molecule has 1 saturated heterocycles. The van der Waals surface area contributed by atoms with Crippen LogP contribution in [0, 0.1) is 0 Å². The summed E-state index contributed by atoms with van der Waals surface area (Å²) < 4.78 is 5.06. The number of nitrogens with one attached hydrogen (secondary N) is 1. The second-order valence-electron chi connectivity index (χ2n) is 4.72. The van der Waals surface area contributed by atoms with E-state index in [1.54, 1.807) is 7.11 Å². The van der Waals surface area contributed by atoms with Gasteiger partial charge in [-0.25, -0.2) is 4.98 Å². The first-order valence-corrected chi connectivity index (χ1v) is 6.50. The third kappa shape index (κ3) is 3.68. The van der Waals surface area contributed by atoms with Gasteiger partial charge in [0.25, 0.3) is 0 Å². The van der Waals surface area contributed by atoms with Gasteiger partial charge in [-0.15, -0.1) is 0 Å². The molecule has 0 saturated carbocycles. The van der Waals surface area contributed by atoms with E-state index >= 15 is 0 Å². The fourth-order valence-electron chi connectivity index (χ4n) is 2.09. The Morgan fingerprint density at radius 2 is 2.05 bits per heavy atom. The van der Waals surface area contributed by atoms with Crippen LogP contribution in [-0.4, -0.2) is 73.2 Å². The number of hydrogen-bond acceptors (Lipinski definition) is 7. The molecule has 1 fully saturated rings. The number of nitrogen functional groups attached to an aromatic ring is 1. The molecule has 1 aromatic rings. The second-order valence-corrected chi connectivity index (χ2v) is 4.72. The summed E-state index contributed by atoms with van der Waals surface area (Å²) in [6.45, 7) is 6.28. The van der Waals surface area contributed by atoms with E-state index < -0.39 is 0 Å². The fourth-order valence-corrected chi connectivity index (χ4v) is 2.09. The first-order valence-electron chi connectivity index (χ1n) is 6.50. The molecule has 0 radical (unpaired) electrons. The van der Waals surface area contributed by atoms with Crippen molar-refractivity contribution in [3.8, 4) is 5.88 Å². The number of ether oxygens (including phenoxy) is 1. The van der Waals surface area contributed by atoms with Crippen molar-refractivity contribution in [1.82, 2.24) is 19.8 Å². The lowest BCUT2D eigenvalue weighted by molar-refractivity contribution is 0.158. The molecule has 3 N–H and O–H groups in total. The van der Waals surface area contributed by atoms with Gasteiger partial charge in [-0.2, -0.15) is 4.98 Å². The quantitative estimate of drug-likeness (QED) is 0.759. The van der Waals surface area contributed by atoms with Crippen molar-refractivity contribution in [2.75, 3.05) is 64.5 Å². The minimum Gasteiger partial charge on any atom is -0.479 e. The highest BCUT2D eigenvalue weighted by Gasteiger charge is 2.13. The van der Waals surface area contributed by atoms with Crippen LogP contribution in [0.3, 0.4) is 0 Å². The zero-order chi connectivity index (χ0) is 13.7. The Morgan fingerprint density at radius 3 is 2.74 bits per heavy atom. The number of aromatic nitrogens is 2. The van der Waals surface area contributed by atoms with Gasteiger partial charge in [-0.3, -0.25) is 4.90 Å². The van der Waals surface area contributed by atoms with Gasteiger partial charge in [-0.05, 0) is 7.05 Å². The lowest BCUT2D eigenvalue weighted by atomic mass is 10.3. The van der Waals surface area contributed by atoms with E-state index in [1.807, 2.05) is 0 Å². The minimum atomic E-state index is 0.414. The van der Waals surface area contributed by atoms with Gasteiger partial charge in [0.15, 0.2) is 5.82 Å². The fraction of sp³-hybridized carbons (Fsp3) is 0.667. The second kappa shape index (κ2) is 6.53. The number of hydrogen-bond donors (Lipinski definition) is 2. The molecule has 0 amide bonds. The molecule has 7 heteroatoms. The van der Waals surface area contributed by atoms with Crippen LogP contribution in [0.5, 0.6) is 5.88 Å². The standard InChI is InChI=1S/C12H22N6O/c1-17-5-7-18(8-6-17)4-3-14-11-10(13)12(19-2)16-9-15-11/h9H,3-8,13H2,1-2H3,(H,14,15,16). The number of anilines is 2. The van der Waals surface area contributed by atoms with Crippen LogP contribution in [0.1, 0.15) is 0 Å². The van der Waals surface area contributed by atoms with Gasteiger partial charge in [0.05, 0.1) is 7.11 Å². The van der Waals surface area contributed by atoms with Gasteiger partial charge in [0.2, 0.25) is 5.88 Å². The van der Waals surface area contributed by atoms with Gasteiger partial charge in [0.1, 0.15) is 12.0 Å². The van der Waals surface area contributed by atoms with Crippen molar-refractivity contribution in [2.45, 2.75) is 0 Å². The van der Waals surface area contributed by atoms with E-state index in [1.165, 1.54) is 6.33 Å². The topological polar surface area (TPSA) is 79.5 Å². The van der Waals surface area contributed by atoms with E-state index in [0.717, 1.165) is 39.3 Å². The van der Waals surface area contributed by atoms with E-state index in [0.29, 0.717) is 17.4 Å². The SMILES string of the molecule is COc1ncnc(NCCN2CCN(C)CC2)c1N. The number of nitrogens with zero attached hydrogens (tertiary/aromatic N) is 4. The highest BCUT2D eigenvalue weighted by atomic mass is 16.5. The molecule has 7 nitrogen and oxygen atoms in total. The molecule has 19 heavy (non-hydrogen) atoms. The van der Waals surface area contributed by atoms with Gasteiger partial charge < -0.3 is 20.7 Å². The molecule has 0 bridgehead atoms. The highest BCUT2D eigenvalue weighted by molar-refractivity contribution is 5.66. The molecule has 106 valence electrons. The summed E-state index contributed by atoms with van der Waals surface area (Å²) in [5.74, 6) is 1.05. The molecule has 0 spiro atoms. The summed E-state index contributed by atoms with van der Waals surface area (Å²) in [4.78, 5) is 12.9. The first-order chi connectivity index (χ1) is 9.20. The maximum atomic E-state index is 5.90. The third-order valence-electron chi connectivity index (χ3n) is 3.36. The summed E-state index contributed by atoms with van der Waals surface area (Å²) in [5, 5.41) is 3.23. The Kier molecular flexibility index (Phi) is 4.75. The number of nitrogens with two attached hydrogens (primary N) is 1. The molecule has 2 rings (SSSR count). The van der Waals surface area contributed by atoms with Crippen molar-refractivity contribution in [3.63, 3.8) is 0 Å². The Bertz CT molecular complexity index is 405. The van der Waals surface area contributed by atoms with E-state index in [-0.39, 0.29) is 0 Å². The molecule has 0 aromatic carbocycles. The normalized spacial score (nSPS) is 17.4. The number of methoxy groups -OCH3 is 1. The van der Waals surface area contributed by atoms with Crippen LogP contribution in [0.4, 0.5) is 11.5 Å². The van der Waals surface area contributed by atoms with Crippen molar-refractivity contribution >= 4 is 11.5 Å². The van der Waals surface area contributed by atoms with Crippen LogP contribution in [-0.2, 0) is 0 Å². The van der Waals surface area contributed by atoms with Crippen LogP contribution >= 0.6 is 0 Å². The zero-order valence-corrected chi connectivity index (χ0v) is 11.6. The predicted molar refractivity (Wildman–Crippen MR) is 75.4 cm³/mol. The van der Waals surface area contributed by atoms with Crippen LogP contribution in [0.25, 0.3) is 0 Å². The van der Waals surface area contributed by atoms with Crippen molar-refractivity contribution in [1.29, 1.82) is 0 Å². The summed E-state index contributed by atoms with van der Waals surface area (Å²) in [7, 11) is 3.70. The molecule has 0 aliphatic carbocycles. The van der Waals surface area contributed by atoms with Crippen molar-refractivity contribution < 1.29 is 4.74 Å². The minimum absolute atomic E-state index is 0.414. The maximum Gasteiger partial charge on any atom is 0.242 e. The Hall–Kier alpha value is -1.60. The summed E-state index contributed by atoms with van der Waals surface area (Å²) in [6, 6.07) is 0. The number of rotatable bonds is 5. The Balaban J connectivity index is 1.79. The number of likely N-dealkylation sites (N-methyl/N-ethyl adjacent to an activating group) is 1. The molecule has 0 atom stereocenters. The number of piperazine rings is 1. The molecule has 0 unspecified atom stereocenters. The average Bonchev–Trinajstić information content (AvgIpc) is 2.43. The third-order valence-corrected chi connectivity index (χ3v) is 3.36. The summed E-state index contributed by atoms with van der Waals surface area (Å²) >= 11 is 0. The smallest absolute Gasteiger partial charge is 0.242 e. The van der Waals surface area contributed by atoms with E-state index in [9.17, 15) is 0 Å². The van der Waals surface area contributed by atoms with E-state index in [2.05, 4.69) is 32.1 Å². The van der Waals surface area contributed by atoms with Crippen LogP contribution in [0.15, 0.2) is 6.33 Å². The molecular weight excluding hydrogens is 244 g/mol. The van der Waals surface area contributed by atoms with Crippen LogP contribution < -0.4 is 15.8 Å². The molecule has 1 aliphatic rings. The molecule has 1 aliphatic heterocycles. The van der Waals surface area contributed by atoms with Gasteiger partial charge in [0, 0.05) is 39.3 Å². The largest absolute Gasteiger partial charge is 0.479 e. The first kappa shape index (κ1) is 13.8. The lowest BCUT2D eigenvalue weighted by Gasteiger charge is -2.32. The molecule has 1 aromatic heterocycles. The lowest BCUT2D eigenvalue weighted by Crippen LogP contribution is -2.45. The van der Waals surface area contributed by atoms with Crippen molar-refractivity contribution in [2.24, 2.45) is 0 Å².